The monoisotopic (exact) mass is 444 g/mol. The molecular formula is C16H11Cl3N4O3S. The average Bonchev–Trinajstić information content (AvgIpc) is 3.02. The Labute approximate surface area is 172 Å². The summed E-state index contributed by atoms with van der Waals surface area (Å²) in [6.45, 7) is 0. The fourth-order valence-electron chi connectivity index (χ4n) is 2.22. The van der Waals surface area contributed by atoms with Crippen LogP contribution in [0.3, 0.4) is 0 Å². The van der Waals surface area contributed by atoms with Crippen LogP contribution in [0.1, 0.15) is 10.4 Å². The summed E-state index contributed by atoms with van der Waals surface area (Å²) in [4.78, 5) is 27.1. The zero-order valence-corrected chi connectivity index (χ0v) is 16.4. The highest BCUT2D eigenvalue weighted by molar-refractivity contribution is 7.22. The number of carbonyl (C=O) groups excluding carboxylic acids is 1. The van der Waals surface area contributed by atoms with Gasteiger partial charge in [-0.3, -0.25) is 14.9 Å². The van der Waals surface area contributed by atoms with Crippen molar-refractivity contribution in [2.75, 3.05) is 5.32 Å². The van der Waals surface area contributed by atoms with Crippen LogP contribution >= 0.6 is 46.1 Å². The van der Waals surface area contributed by atoms with Crippen LogP contribution in [0.4, 0.5) is 10.8 Å². The van der Waals surface area contributed by atoms with Crippen molar-refractivity contribution in [1.82, 2.24) is 10.3 Å². The van der Waals surface area contributed by atoms with E-state index in [1.165, 1.54) is 18.2 Å². The van der Waals surface area contributed by atoms with Gasteiger partial charge >= 0.3 is 0 Å². The van der Waals surface area contributed by atoms with Gasteiger partial charge in [0, 0.05) is 17.7 Å². The number of nitro benzene ring substituents is 1. The first-order valence-corrected chi connectivity index (χ1v) is 9.43. The number of fused-ring (bicyclic) bond motifs is 1. The molecule has 3 rings (SSSR count). The SMILES string of the molecule is O=C(N[C@@H](Nc1nc2ccc([N+](=O)[O-])cc2s1)C(Cl)(Cl)Cl)c1ccccc1. The van der Waals surface area contributed by atoms with Gasteiger partial charge in [0.25, 0.3) is 11.6 Å². The molecule has 1 aromatic heterocycles. The van der Waals surface area contributed by atoms with Gasteiger partial charge in [0.1, 0.15) is 6.17 Å². The fourth-order valence-corrected chi connectivity index (χ4v) is 3.47. The summed E-state index contributed by atoms with van der Waals surface area (Å²) in [7, 11) is 0. The quantitative estimate of drug-likeness (QED) is 0.256. The number of carbonyl (C=O) groups is 1. The molecule has 1 heterocycles. The van der Waals surface area contributed by atoms with E-state index >= 15 is 0 Å². The molecule has 0 fully saturated rings. The summed E-state index contributed by atoms with van der Waals surface area (Å²) in [5.41, 5.74) is 0.900. The lowest BCUT2D eigenvalue weighted by molar-refractivity contribution is -0.384. The molecular weight excluding hydrogens is 435 g/mol. The minimum Gasteiger partial charge on any atom is -0.338 e. The van der Waals surface area contributed by atoms with E-state index in [0.29, 0.717) is 20.9 Å². The van der Waals surface area contributed by atoms with E-state index in [-0.39, 0.29) is 5.69 Å². The van der Waals surface area contributed by atoms with Crippen molar-refractivity contribution in [3.8, 4) is 0 Å². The second-order valence-corrected chi connectivity index (χ2v) is 8.79. The molecule has 0 aliphatic rings. The summed E-state index contributed by atoms with van der Waals surface area (Å²) in [5.74, 6) is -0.434. The largest absolute Gasteiger partial charge is 0.338 e. The molecule has 2 aromatic carbocycles. The number of aromatic nitrogens is 1. The smallest absolute Gasteiger partial charge is 0.270 e. The number of non-ortho nitro benzene ring substituents is 1. The molecule has 0 bridgehead atoms. The van der Waals surface area contributed by atoms with E-state index < -0.39 is 20.8 Å². The van der Waals surface area contributed by atoms with Gasteiger partial charge in [-0.15, -0.1) is 0 Å². The molecule has 11 heteroatoms. The maximum atomic E-state index is 12.4. The zero-order valence-electron chi connectivity index (χ0n) is 13.4. The fraction of sp³-hybridized carbons (Fsp3) is 0.125. The van der Waals surface area contributed by atoms with Gasteiger partial charge in [-0.1, -0.05) is 64.3 Å². The highest BCUT2D eigenvalue weighted by Gasteiger charge is 2.35. The Morgan fingerprint density at radius 3 is 2.52 bits per heavy atom. The predicted octanol–water partition coefficient (Wildman–Crippen LogP) is 4.74. The molecule has 0 saturated carbocycles. The van der Waals surface area contributed by atoms with E-state index in [1.54, 1.807) is 30.3 Å². The Morgan fingerprint density at radius 1 is 1.19 bits per heavy atom. The normalized spacial score (nSPS) is 12.6. The average molecular weight is 446 g/mol. The van der Waals surface area contributed by atoms with Crippen molar-refractivity contribution in [3.05, 3.63) is 64.2 Å². The third kappa shape index (κ3) is 4.78. The number of hydrogen-bond donors (Lipinski definition) is 2. The third-order valence-corrected chi connectivity index (χ3v) is 5.09. The van der Waals surface area contributed by atoms with Crippen molar-refractivity contribution in [3.63, 3.8) is 0 Å². The number of nitrogens with zero attached hydrogens (tertiary/aromatic N) is 2. The molecule has 0 radical (unpaired) electrons. The maximum Gasteiger partial charge on any atom is 0.270 e. The first-order valence-electron chi connectivity index (χ1n) is 7.48. The van der Waals surface area contributed by atoms with E-state index in [2.05, 4.69) is 15.6 Å². The first-order chi connectivity index (χ1) is 12.7. The molecule has 1 atom stereocenters. The first kappa shape index (κ1) is 19.6. The minimum absolute atomic E-state index is 0.0481. The number of benzene rings is 2. The van der Waals surface area contributed by atoms with Crippen molar-refractivity contribution < 1.29 is 9.72 Å². The third-order valence-electron chi connectivity index (χ3n) is 3.49. The Balaban J connectivity index is 1.83. The zero-order chi connectivity index (χ0) is 19.6. The van der Waals surface area contributed by atoms with Crippen molar-refractivity contribution in [1.29, 1.82) is 0 Å². The van der Waals surface area contributed by atoms with Gasteiger partial charge in [-0.05, 0) is 18.2 Å². The lowest BCUT2D eigenvalue weighted by Gasteiger charge is -2.26. The van der Waals surface area contributed by atoms with Gasteiger partial charge in [0.2, 0.25) is 3.79 Å². The van der Waals surface area contributed by atoms with Gasteiger partial charge in [0.05, 0.1) is 15.1 Å². The number of rotatable bonds is 5. The molecule has 0 spiro atoms. The van der Waals surface area contributed by atoms with Crippen LogP contribution in [0, 0.1) is 10.1 Å². The maximum absolute atomic E-state index is 12.4. The topological polar surface area (TPSA) is 97.2 Å². The van der Waals surface area contributed by atoms with Crippen molar-refractivity contribution in [2.24, 2.45) is 0 Å². The lowest BCUT2D eigenvalue weighted by Crippen LogP contribution is -2.49. The lowest BCUT2D eigenvalue weighted by atomic mass is 10.2. The van der Waals surface area contributed by atoms with Gasteiger partial charge in [-0.25, -0.2) is 4.98 Å². The number of alkyl halides is 3. The number of hydrogen-bond acceptors (Lipinski definition) is 6. The van der Waals surface area contributed by atoms with E-state index in [0.717, 1.165) is 11.3 Å². The highest BCUT2D eigenvalue weighted by Crippen LogP contribution is 2.34. The van der Waals surface area contributed by atoms with E-state index in [4.69, 9.17) is 34.8 Å². The molecule has 0 unspecified atom stereocenters. The predicted molar refractivity (Wildman–Crippen MR) is 108 cm³/mol. The number of thiazole rings is 1. The summed E-state index contributed by atoms with van der Waals surface area (Å²) in [6, 6.07) is 12.8. The standard InChI is InChI=1S/C16H11Cl3N4O3S/c17-16(18,19)14(21-13(24)9-4-2-1-3-5-9)22-15-20-11-7-6-10(23(25)26)8-12(11)27-15/h1-8,14H,(H,20,22)(H,21,24)/t14-/m0/s1. The van der Waals surface area contributed by atoms with Gasteiger partial charge < -0.3 is 10.6 Å². The van der Waals surface area contributed by atoms with E-state index in [1.807, 2.05) is 0 Å². The van der Waals surface area contributed by atoms with Crippen LogP contribution in [-0.2, 0) is 0 Å². The molecule has 1 amide bonds. The van der Waals surface area contributed by atoms with Crippen LogP contribution in [-0.4, -0.2) is 25.8 Å². The molecule has 0 saturated heterocycles. The van der Waals surface area contributed by atoms with Gasteiger partial charge in [0.15, 0.2) is 5.13 Å². The summed E-state index contributed by atoms with van der Waals surface area (Å²) >= 11 is 19.1. The molecule has 0 aliphatic heterocycles. The second-order valence-electron chi connectivity index (χ2n) is 5.39. The highest BCUT2D eigenvalue weighted by atomic mass is 35.6. The second kappa shape index (κ2) is 7.85. The molecule has 27 heavy (non-hydrogen) atoms. The molecule has 0 aliphatic carbocycles. The molecule has 3 aromatic rings. The summed E-state index contributed by atoms with van der Waals surface area (Å²) < 4.78 is -1.28. The number of anilines is 1. The minimum atomic E-state index is -1.87. The number of amides is 1. The Hall–Kier alpha value is -2.13. The van der Waals surface area contributed by atoms with Crippen LogP contribution < -0.4 is 10.6 Å². The Kier molecular flexibility index (Phi) is 5.71. The van der Waals surface area contributed by atoms with Crippen LogP contribution in [0.5, 0.6) is 0 Å². The molecule has 140 valence electrons. The Morgan fingerprint density at radius 2 is 1.89 bits per heavy atom. The molecule has 7 nitrogen and oxygen atoms in total. The summed E-state index contributed by atoms with van der Waals surface area (Å²) in [5, 5.41) is 16.7. The van der Waals surface area contributed by atoms with Crippen LogP contribution in [0.2, 0.25) is 0 Å². The van der Waals surface area contributed by atoms with Crippen LogP contribution in [0.25, 0.3) is 10.2 Å². The Bertz CT molecular complexity index is 991. The number of nitrogens with one attached hydrogen (secondary N) is 2. The molecule has 2 N–H and O–H groups in total. The number of halogens is 3. The number of nitro groups is 1. The van der Waals surface area contributed by atoms with Crippen LogP contribution in [0.15, 0.2) is 48.5 Å². The van der Waals surface area contributed by atoms with Crippen molar-refractivity contribution >= 4 is 73.1 Å². The van der Waals surface area contributed by atoms with Gasteiger partial charge in [-0.2, -0.15) is 0 Å². The van der Waals surface area contributed by atoms with E-state index in [9.17, 15) is 14.9 Å². The summed E-state index contributed by atoms with van der Waals surface area (Å²) in [6.07, 6.45) is -1.08. The van der Waals surface area contributed by atoms with Crippen molar-refractivity contribution in [2.45, 2.75) is 9.96 Å².